The van der Waals surface area contributed by atoms with Crippen molar-refractivity contribution >= 4 is 15.9 Å². The summed E-state index contributed by atoms with van der Waals surface area (Å²) in [5.74, 6) is 0.226. The molecule has 2 saturated heterocycles. The SMILES string of the molecule is O=C(CN1CCC(NS(=O)(=O)C2CC2)CC1)N1CCCC1. The largest absolute Gasteiger partial charge is 0.342 e. The van der Waals surface area contributed by atoms with Crippen LogP contribution in [-0.4, -0.2) is 68.1 Å². The number of hydrogen-bond acceptors (Lipinski definition) is 4. The highest BCUT2D eigenvalue weighted by molar-refractivity contribution is 7.90. The predicted molar refractivity (Wildman–Crippen MR) is 80.4 cm³/mol. The number of carbonyl (C=O) groups excluding carboxylic acids is 1. The summed E-state index contributed by atoms with van der Waals surface area (Å²) < 4.78 is 26.7. The first-order valence-corrected chi connectivity index (χ1v) is 9.60. The first-order chi connectivity index (χ1) is 10.0. The van der Waals surface area contributed by atoms with E-state index in [0.29, 0.717) is 6.54 Å². The van der Waals surface area contributed by atoms with Crippen molar-refractivity contribution in [2.75, 3.05) is 32.7 Å². The second kappa shape index (κ2) is 6.22. The van der Waals surface area contributed by atoms with Crippen molar-refractivity contribution < 1.29 is 13.2 Å². The molecule has 120 valence electrons. The molecule has 0 unspecified atom stereocenters. The van der Waals surface area contributed by atoms with Crippen molar-refractivity contribution in [3.8, 4) is 0 Å². The number of amides is 1. The first-order valence-electron chi connectivity index (χ1n) is 8.06. The molecule has 1 aliphatic carbocycles. The molecule has 3 rings (SSSR count). The van der Waals surface area contributed by atoms with E-state index in [4.69, 9.17) is 0 Å². The number of nitrogens with one attached hydrogen (secondary N) is 1. The van der Waals surface area contributed by atoms with Gasteiger partial charge in [0.2, 0.25) is 15.9 Å². The lowest BCUT2D eigenvalue weighted by Crippen LogP contribution is -2.48. The van der Waals surface area contributed by atoms with Gasteiger partial charge in [-0.1, -0.05) is 0 Å². The van der Waals surface area contributed by atoms with Gasteiger partial charge in [-0.2, -0.15) is 0 Å². The van der Waals surface area contributed by atoms with Gasteiger partial charge in [0, 0.05) is 32.2 Å². The van der Waals surface area contributed by atoms with Crippen LogP contribution in [-0.2, 0) is 14.8 Å². The Balaban J connectivity index is 1.41. The van der Waals surface area contributed by atoms with Crippen LogP contribution in [0.4, 0.5) is 0 Å². The van der Waals surface area contributed by atoms with Gasteiger partial charge in [0.15, 0.2) is 0 Å². The lowest BCUT2D eigenvalue weighted by atomic mass is 10.1. The Labute approximate surface area is 126 Å². The highest BCUT2D eigenvalue weighted by Crippen LogP contribution is 2.28. The van der Waals surface area contributed by atoms with Crippen LogP contribution < -0.4 is 4.72 Å². The molecule has 3 aliphatic rings. The Hall–Kier alpha value is -0.660. The van der Waals surface area contributed by atoms with E-state index in [0.717, 1.165) is 64.7 Å². The van der Waals surface area contributed by atoms with E-state index in [-0.39, 0.29) is 17.2 Å². The van der Waals surface area contributed by atoms with E-state index < -0.39 is 10.0 Å². The minimum absolute atomic E-state index is 0.0498. The molecule has 3 fully saturated rings. The number of sulfonamides is 1. The number of likely N-dealkylation sites (tertiary alicyclic amines) is 2. The number of rotatable bonds is 5. The highest BCUT2D eigenvalue weighted by atomic mass is 32.2. The maximum atomic E-state index is 12.1. The highest BCUT2D eigenvalue weighted by Gasteiger charge is 2.37. The van der Waals surface area contributed by atoms with Crippen LogP contribution in [0, 0.1) is 0 Å². The number of hydrogen-bond donors (Lipinski definition) is 1. The average molecular weight is 315 g/mol. The lowest BCUT2D eigenvalue weighted by molar-refractivity contribution is -0.131. The summed E-state index contributed by atoms with van der Waals surface area (Å²) in [6.45, 7) is 3.89. The molecular formula is C14H25N3O3S. The fourth-order valence-corrected chi connectivity index (χ4v) is 4.82. The van der Waals surface area contributed by atoms with E-state index in [1.165, 1.54) is 0 Å². The Morgan fingerprint density at radius 1 is 1.00 bits per heavy atom. The summed E-state index contributed by atoms with van der Waals surface area (Å²) in [6, 6.07) is 0.0498. The molecule has 0 spiro atoms. The molecule has 2 aliphatic heterocycles. The van der Waals surface area contributed by atoms with Crippen LogP contribution in [0.3, 0.4) is 0 Å². The van der Waals surface area contributed by atoms with Crippen molar-refractivity contribution in [3.05, 3.63) is 0 Å². The van der Waals surface area contributed by atoms with Crippen molar-refractivity contribution in [3.63, 3.8) is 0 Å². The molecule has 0 aromatic rings. The molecule has 6 nitrogen and oxygen atoms in total. The third-order valence-electron chi connectivity index (χ3n) is 4.70. The Morgan fingerprint density at radius 3 is 2.19 bits per heavy atom. The standard InChI is InChI=1S/C14H25N3O3S/c18-14(17-7-1-2-8-17)11-16-9-5-12(6-10-16)15-21(19,20)13-3-4-13/h12-13,15H,1-11H2. The van der Waals surface area contributed by atoms with Gasteiger partial charge in [-0.25, -0.2) is 13.1 Å². The summed E-state index contributed by atoms with van der Waals surface area (Å²) >= 11 is 0. The lowest BCUT2D eigenvalue weighted by Gasteiger charge is -2.32. The molecular weight excluding hydrogens is 290 g/mol. The zero-order chi connectivity index (χ0) is 14.9. The molecule has 1 amide bonds. The number of piperidine rings is 1. The smallest absolute Gasteiger partial charge is 0.236 e. The van der Waals surface area contributed by atoms with Gasteiger partial charge in [0.05, 0.1) is 11.8 Å². The molecule has 2 heterocycles. The van der Waals surface area contributed by atoms with Crippen LogP contribution in [0.1, 0.15) is 38.5 Å². The van der Waals surface area contributed by atoms with Crippen molar-refractivity contribution in [2.24, 2.45) is 0 Å². The third-order valence-corrected chi connectivity index (χ3v) is 6.71. The number of carbonyl (C=O) groups is 1. The van der Waals surface area contributed by atoms with Gasteiger partial charge in [-0.15, -0.1) is 0 Å². The summed E-state index contributed by atoms with van der Waals surface area (Å²) in [4.78, 5) is 16.2. The zero-order valence-corrected chi connectivity index (χ0v) is 13.3. The van der Waals surface area contributed by atoms with Gasteiger partial charge in [-0.05, 0) is 38.5 Å². The van der Waals surface area contributed by atoms with E-state index in [9.17, 15) is 13.2 Å². The summed E-state index contributed by atoms with van der Waals surface area (Å²) in [5, 5.41) is -0.146. The Kier molecular flexibility index (Phi) is 4.51. The predicted octanol–water partition coefficient (Wildman–Crippen LogP) is 0.155. The van der Waals surface area contributed by atoms with Crippen LogP contribution in [0.2, 0.25) is 0 Å². The minimum atomic E-state index is -3.08. The molecule has 0 radical (unpaired) electrons. The summed E-state index contributed by atoms with van der Waals surface area (Å²) in [5.41, 5.74) is 0. The van der Waals surface area contributed by atoms with Crippen LogP contribution in [0.25, 0.3) is 0 Å². The Morgan fingerprint density at radius 2 is 1.62 bits per heavy atom. The summed E-state index contributed by atoms with van der Waals surface area (Å²) in [7, 11) is -3.08. The van der Waals surface area contributed by atoms with Crippen LogP contribution in [0.15, 0.2) is 0 Å². The molecule has 0 atom stereocenters. The number of nitrogens with zero attached hydrogens (tertiary/aromatic N) is 2. The van der Waals surface area contributed by atoms with E-state index >= 15 is 0 Å². The second-order valence-electron chi connectivity index (χ2n) is 6.50. The van der Waals surface area contributed by atoms with Gasteiger partial charge in [0.25, 0.3) is 0 Å². The zero-order valence-electron chi connectivity index (χ0n) is 12.5. The first kappa shape index (κ1) is 15.2. The van der Waals surface area contributed by atoms with Crippen molar-refractivity contribution in [1.29, 1.82) is 0 Å². The quantitative estimate of drug-likeness (QED) is 0.784. The molecule has 1 N–H and O–H groups in total. The molecule has 1 saturated carbocycles. The van der Waals surface area contributed by atoms with Gasteiger partial charge >= 0.3 is 0 Å². The normalized spacial score (nSPS) is 25.4. The summed E-state index contributed by atoms with van der Waals surface area (Å²) in [6.07, 6.45) is 5.46. The second-order valence-corrected chi connectivity index (χ2v) is 8.49. The maximum Gasteiger partial charge on any atom is 0.236 e. The molecule has 0 bridgehead atoms. The fourth-order valence-electron chi connectivity index (χ4n) is 3.17. The van der Waals surface area contributed by atoms with Gasteiger partial charge in [-0.3, -0.25) is 9.69 Å². The van der Waals surface area contributed by atoms with E-state index in [1.807, 2.05) is 4.90 Å². The van der Waals surface area contributed by atoms with Crippen molar-refractivity contribution in [2.45, 2.75) is 49.8 Å². The van der Waals surface area contributed by atoms with E-state index in [1.54, 1.807) is 0 Å². The van der Waals surface area contributed by atoms with Gasteiger partial charge < -0.3 is 4.90 Å². The molecule has 21 heavy (non-hydrogen) atoms. The van der Waals surface area contributed by atoms with Gasteiger partial charge in [0.1, 0.15) is 0 Å². The molecule has 0 aromatic carbocycles. The van der Waals surface area contributed by atoms with Crippen molar-refractivity contribution in [1.82, 2.24) is 14.5 Å². The molecule has 7 heteroatoms. The average Bonchev–Trinajstić information content (AvgIpc) is 3.17. The fraction of sp³-hybridized carbons (Fsp3) is 0.929. The van der Waals surface area contributed by atoms with Crippen LogP contribution in [0.5, 0.6) is 0 Å². The maximum absolute atomic E-state index is 12.1. The van der Waals surface area contributed by atoms with Crippen LogP contribution >= 0.6 is 0 Å². The topological polar surface area (TPSA) is 69.7 Å². The third kappa shape index (κ3) is 3.96. The van der Waals surface area contributed by atoms with E-state index in [2.05, 4.69) is 9.62 Å². The molecule has 0 aromatic heterocycles. The monoisotopic (exact) mass is 315 g/mol. The minimum Gasteiger partial charge on any atom is -0.342 e. The Bertz CT molecular complexity index is 476.